The molecule has 0 aliphatic heterocycles. The minimum atomic E-state index is -1.50. The van der Waals surface area contributed by atoms with Gasteiger partial charge in [-0.1, -0.05) is 20.3 Å². The maximum absolute atomic E-state index is 12.2. The summed E-state index contributed by atoms with van der Waals surface area (Å²) in [5.41, 5.74) is 5.78. The van der Waals surface area contributed by atoms with Gasteiger partial charge in [0, 0.05) is 0 Å². The molecule has 0 bridgehead atoms. The predicted molar refractivity (Wildman–Crippen MR) is 94.5 cm³/mol. The van der Waals surface area contributed by atoms with Gasteiger partial charge >= 0.3 is 11.9 Å². The van der Waals surface area contributed by atoms with Crippen LogP contribution in [0.4, 0.5) is 0 Å². The largest absolute Gasteiger partial charge is 0.481 e. The van der Waals surface area contributed by atoms with Crippen molar-refractivity contribution in [2.24, 2.45) is 11.7 Å². The van der Waals surface area contributed by atoms with Crippen molar-refractivity contribution in [2.75, 3.05) is 0 Å². The summed E-state index contributed by atoms with van der Waals surface area (Å²) >= 11 is 0. The molecule has 0 rings (SSSR count). The van der Waals surface area contributed by atoms with E-state index in [-0.39, 0.29) is 5.92 Å². The van der Waals surface area contributed by atoms with E-state index in [1.54, 1.807) is 6.92 Å². The van der Waals surface area contributed by atoms with Gasteiger partial charge in [-0.25, -0.2) is 0 Å². The molecule has 0 saturated heterocycles. The van der Waals surface area contributed by atoms with Gasteiger partial charge in [0.2, 0.25) is 17.7 Å². The van der Waals surface area contributed by atoms with Crippen molar-refractivity contribution in [2.45, 2.75) is 64.7 Å². The Hall–Kier alpha value is -2.69. The average Bonchev–Trinajstić information content (AvgIpc) is 2.58. The number of hydrogen-bond donors (Lipinski definition) is 6. The van der Waals surface area contributed by atoms with Crippen molar-refractivity contribution in [3.8, 4) is 0 Å². The van der Waals surface area contributed by atoms with Gasteiger partial charge in [-0.05, 0) is 19.8 Å². The third-order valence-corrected chi connectivity index (χ3v) is 4.05. The first-order valence-electron chi connectivity index (χ1n) is 8.51. The molecule has 154 valence electrons. The van der Waals surface area contributed by atoms with E-state index in [1.807, 2.05) is 6.92 Å². The molecule has 0 aliphatic rings. The van der Waals surface area contributed by atoms with Crippen molar-refractivity contribution in [1.29, 1.82) is 0 Å². The maximum atomic E-state index is 12.2. The second-order valence-corrected chi connectivity index (χ2v) is 6.37. The molecule has 0 aliphatic carbocycles. The van der Waals surface area contributed by atoms with Gasteiger partial charge in [0.25, 0.3) is 0 Å². The van der Waals surface area contributed by atoms with Crippen LogP contribution in [0.3, 0.4) is 0 Å². The number of nitrogens with one attached hydrogen (secondary N) is 3. The third kappa shape index (κ3) is 8.49. The fourth-order valence-corrected chi connectivity index (χ4v) is 1.94. The summed E-state index contributed by atoms with van der Waals surface area (Å²) in [6.07, 6.45) is -0.0885. The monoisotopic (exact) mass is 388 g/mol. The molecule has 0 spiro atoms. The van der Waals surface area contributed by atoms with E-state index >= 15 is 0 Å². The quantitative estimate of drug-likeness (QED) is 0.244. The Balaban J connectivity index is 4.97. The smallest absolute Gasteiger partial charge is 0.325 e. The molecule has 5 atom stereocenters. The van der Waals surface area contributed by atoms with E-state index in [0.717, 1.165) is 0 Å². The highest BCUT2D eigenvalue weighted by molar-refractivity contribution is 5.95. The van der Waals surface area contributed by atoms with Crippen LogP contribution in [0.2, 0.25) is 0 Å². The highest BCUT2D eigenvalue weighted by Gasteiger charge is 2.29. The number of amides is 3. The van der Waals surface area contributed by atoms with Crippen molar-refractivity contribution >= 4 is 29.7 Å². The minimum Gasteiger partial charge on any atom is -0.481 e. The number of rotatable bonds is 11. The Kier molecular flexibility index (Phi) is 10.0. The lowest BCUT2D eigenvalue weighted by atomic mass is 9.99. The second-order valence-electron chi connectivity index (χ2n) is 6.37. The van der Waals surface area contributed by atoms with Gasteiger partial charge in [-0.2, -0.15) is 0 Å². The van der Waals surface area contributed by atoms with Crippen LogP contribution in [0.1, 0.15) is 40.5 Å². The molecule has 11 heteroatoms. The van der Waals surface area contributed by atoms with Gasteiger partial charge in [-0.3, -0.25) is 24.0 Å². The molecule has 0 heterocycles. The topological polar surface area (TPSA) is 188 Å². The summed E-state index contributed by atoms with van der Waals surface area (Å²) in [4.78, 5) is 58.0. The van der Waals surface area contributed by atoms with Crippen LogP contribution in [-0.4, -0.2) is 64.0 Å². The van der Waals surface area contributed by atoms with Gasteiger partial charge < -0.3 is 31.9 Å². The molecule has 0 aromatic heterocycles. The average molecular weight is 388 g/mol. The molecular weight excluding hydrogens is 360 g/mol. The molecular formula is C16H28N4O7. The zero-order valence-corrected chi connectivity index (χ0v) is 15.8. The second kappa shape index (κ2) is 11.1. The number of carbonyl (C=O) groups is 5. The molecule has 5 unspecified atom stereocenters. The van der Waals surface area contributed by atoms with E-state index in [1.165, 1.54) is 13.8 Å². The number of nitrogens with two attached hydrogens (primary N) is 1. The fourth-order valence-electron chi connectivity index (χ4n) is 1.94. The normalized spacial score (nSPS) is 16.2. The maximum Gasteiger partial charge on any atom is 0.325 e. The lowest BCUT2D eigenvalue weighted by molar-refractivity contribution is -0.143. The summed E-state index contributed by atoms with van der Waals surface area (Å²) in [5, 5.41) is 24.4. The Bertz CT molecular complexity index is 581. The highest BCUT2D eigenvalue weighted by atomic mass is 16.4. The number of carbonyl (C=O) groups excluding carboxylic acids is 3. The molecule has 27 heavy (non-hydrogen) atoms. The Morgan fingerprint density at radius 1 is 0.852 bits per heavy atom. The molecule has 0 fully saturated rings. The number of aliphatic carboxylic acids is 2. The van der Waals surface area contributed by atoms with E-state index < -0.39 is 60.2 Å². The summed E-state index contributed by atoms with van der Waals surface area (Å²) in [7, 11) is 0. The molecule has 0 aromatic rings. The van der Waals surface area contributed by atoms with Gasteiger partial charge in [0.15, 0.2) is 0 Å². The Labute approximate surface area is 157 Å². The lowest BCUT2D eigenvalue weighted by Crippen LogP contribution is -2.57. The van der Waals surface area contributed by atoms with Crippen molar-refractivity contribution in [1.82, 2.24) is 16.0 Å². The number of hydrogen-bond acceptors (Lipinski definition) is 6. The molecule has 0 radical (unpaired) electrons. The first-order chi connectivity index (χ1) is 12.4. The lowest BCUT2D eigenvalue weighted by Gasteiger charge is -2.23. The number of carboxylic acids is 2. The van der Waals surface area contributed by atoms with Gasteiger partial charge in [-0.15, -0.1) is 0 Å². The van der Waals surface area contributed by atoms with Crippen molar-refractivity contribution < 1.29 is 34.2 Å². The first-order valence-corrected chi connectivity index (χ1v) is 8.51. The van der Waals surface area contributed by atoms with E-state index in [0.29, 0.717) is 6.42 Å². The first kappa shape index (κ1) is 24.3. The minimum absolute atomic E-state index is 0.108. The van der Waals surface area contributed by atoms with Gasteiger partial charge in [0.1, 0.15) is 18.1 Å². The highest BCUT2D eigenvalue weighted by Crippen LogP contribution is 2.05. The van der Waals surface area contributed by atoms with E-state index in [2.05, 4.69) is 16.0 Å². The van der Waals surface area contributed by atoms with E-state index in [4.69, 9.17) is 15.9 Å². The van der Waals surface area contributed by atoms with E-state index in [9.17, 15) is 24.0 Å². The number of carboxylic acid groups (broad SMARTS) is 2. The third-order valence-electron chi connectivity index (χ3n) is 4.05. The molecule has 7 N–H and O–H groups in total. The summed E-state index contributed by atoms with van der Waals surface area (Å²) in [6, 6.07) is -4.66. The van der Waals surface area contributed by atoms with Gasteiger partial charge in [0.05, 0.1) is 12.5 Å². The molecule has 0 aromatic carbocycles. The SMILES string of the molecule is CCC(C)C(N)C(=O)NC(C)C(=O)NC(CC(=O)O)C(=O)NC(C)C(=O)O. The Morgan fingerprint density at radius 3 is 1.81 bits per heavy atom. The summed E-state index contributed by atoms with van der Waals surface area (Å²) in [5.74, 6) is -5.11. The van der Waals surface area contributed by atoms with Crippen LogP contribution in [0.5, 0.6) is 0 Å². The zero-order valence-electron chi connectivity index (χ0n) is 15.8. The van der Waals surface area contributed by atoms with Crippen LogP contribution in [0.25, 0.3) is 0 Å². The molecule has 3 amide bonds. The summed E-state index contributed by atoms with van der Waals surface area (Å²) in [6.45, 7) is 6.19. The predicted octanol–water partition coefficient (Wildman–Crippen LogP) is -1.59. The molecule has 0 saturated carbocycles. The van der Waals surface area contributed by atoms with Crippen LogP contribution in [0, 0.1) is 5.92 Å². The van der Waals surface area contributed by atoms with Crippen molar-refractivity contribution in [3.63, 3.8) is 0 Å². The standard InChI is InChI=1S/C16H28N4O7/c1-5-7(2)12(17)15(25)18-8(3)13(23)20-10(6-11(21)22)14(24)19-9(4)16(26)27/h7-10,12H,5-6,17H2,1-4H3,(H,18,25)(H,19,24)(H,20,23)(H,21,22)(H,26,27). The van der Waals surface area contributed by atoms with Crippen molar-refractivity contribution in [3.05, 3.63) is 0 Å². The van der Waals surface area contributed by atoms with Crippen LogP contribution < -0.4 is 21.7 Å². The van der Waals surface area contributed by atoms with Crippen LogP contribution in [-0.2, 0) is 24.0 Å². The fraction of sp³-hybridized carbons (Fsp3) is 0.688. The molecule has 11 nitrogen and oxygen atoms in total. The Morgan fingerprint density at radius 2 is 1.37 bits per heavy atom. The summed E-state index contributed by atoms with van der Waals surface area (Å²) < 4.78 is 0. The van der Waals surface area contributed by atoms with Crippen LogP contribution >= 0.6 is 0 Å². The zero-order chi connectivity index (χ0) is 21.3. The van der Waals surface area contributed by atoms with Crippen LogP contribution in [0.15, 0.2) is 0 Å².